The van der Waals surface area contributed by atoms with E-state index < -0.39 is 11.9 Å². The molecule has 1 heterocycles. The predicted molar refractivity (Wildman–Crippen MR) is 140 cm³/mol. The number of aliphatic carboxylic acids is 1. The molecule has 0 unspecified atom stereocenters. The number of aryl methyl sites for hydroxylation is 1. The van der Waals surface area contributed by atoms with E-state index in [-0.39, 0.29) is 18.9 Å². The lowest BCUT2D eigenvalue weighted by atomic mass is 10.1. The molecule has 0 aliphatic carbocycles. The number of anilines is 1. The SMILES string of the molecule is CCOC(=O)COc1ccc2cc(C=C3SC(Nc4ccc(CCC(=O)O)cc4)=NC3=O)ccc2c1. The number of benzene rings is 3. The molecule has 0 spiro atoms. The Morgan fingerprint density at radius 2 is 1.81 bits per heavy atom. The molecule has 2 N–H and O–H groups in total. The molecule has 4 rings (SSSR count). The summed E-state index contributed by atoms with van der Waals surface area (Å²) in [5.41, 5.74) is 2.55. The average Bonchev–Trinajstić information content (AvgIpc) is 3.20. The van der Waals surface area contributed by atoms with Crippen LogP contribution in [-0.4, -0.2) is 41.3 Å². The standard InChI is InChI=1S/C27H24N2O6S/c1-2-34-25(32)16-35-22-11-8-19-13-18(3-7-20(19)15-22)14-23-26(33)29-27(36-23)28-21-9-4-17(5-10-21)6-12-24(30)31/h3-5,7-11,13-15H,2,6,12,16H2,1H3,(H,30,31)(H,28,29,33). The summed E-state index contributed by atoms with van der Waals surface area (Å²) < 4.78 is 10.4. The van der Waals surface area contributed by atoms with Crippen LogP contribution in [0.3, 0.4) is 0 Å². The van der Waals surface area contributed by atoms with Crippen LogP contribution in [0.2, 0.25) is 0 Å². The highest BCUT2D eigenvalue weighted by atomic mass is 32.2. The highest BCUT2D eigenvalue weighted by molar-refractivity contribution is 8.18. The van der Waals surface area contributed by atoms with Crippen LogP contribution >= 0.6 is 11.8 Å². The maximum Gasteiger partial charge on any atom is 0.344 e. The lowest BCUT2D eigenvalue weighted by Gasteiger charge is -2.07. The zero-order chi connectivity index (χ0) is 25.5. The van der Waals surface area contributed by atoms with Crippen LogP contribution in [0.5, 0.6) is 5.75 Å². The number of amides is 1. The number of thioether (sulfide) groups is 1. The topological polar surface area (TPSA) is 114 Å². The molecule has 3 aromatic rings. The molecule has 0 aromatic heterocycles. The average molecular weight is 505 g/mol. The summed E-state index contributed by atoms with van der Waals surface area (Å²) in [7, 11) is 0. The second kappa shape index (κ2) is 11.5. The number of hydrogen-bond donors (Lipinski definition) is 2. The number of nitrogens with one attached hydrogen (secondary N) is 1. The smallest absolute Gasteiger partial charge is 0.344 e. The quantitative estimate of drug-likeness (QED) is 0.313. The fourth-order valence-electron chi connectivity index (χ4n) is 3.51. The molecule has 0 saturated heterocycles. The molecule has 0 bridgehead atoms. The first-order valence-electron chi connectivity index (χ1n) is 11.3. The van der Waals surface area contributed by atoms with Gasteiger partial charge in [0, 0.05) is 12.1 Å². The van der Waals surface area contributed by atoms with Crippen molar-refractivity contribution in [2.45, 2.75) is 19.8 Å². The Morgan fingerprint density at radius 3 is 2.56 bits per heavy atom. The number of esters is 1. The van der Waals surface area contributed by atoms with Crippen molar-refractivity contribution in [3.05, 3.63) is 76.7 Å². The third kappa shape index (κ3) is 6.73. The van der Waals surface area contributed by atoms with Gasteiger partial charge < -0.3 is 19.9 Å². The van der Waals surface area contributed by atoms with Gasteiger partial charge in [0.1, 0.15) is 5.75 Å². The first-order valence-corrected chi connectivity index (χ1v) is 12.1. The summed E-state index contributed by atoms with van der Waals surface area (Å²) in [6.07, 6.45) is 2.34. The molecule has 0 saturated carbocycles. The van der Waals surface area contributed by atoms with Crippen molar-refractivity contribution in [1.29, 1.82) is 0 Å². The van der Waals surface area contributed by atoms with E-state index in [0.29, 0.717) is 28.9 Å². The molecule has 36 heavy (non-hydrogen) atoms. The molecule has 184 valence electrons. The van der Waals surface area contributed by atoms with Crippen molar-refractivity contribution < 1.29 is 29.0 Å². The predicted octanol–water partition coefficient (Wildman–Crippen LogP) is 4.88. The Kier molecular flexibility index (Phi) is 8.02. The normalized spacial score (nSPS) is 14.1. The minimum atomic E-state index is -0.831. The number of carbonyl (C=O) groups is 3. The molecule has 8 nitrogen and oxygen atoms in total. The van der Waals surface area contributed by atoms with Gasteiger partial charge in [-0.25, -0.2) is 4.79 Å². The number of rotatable bonds is 9. The van der Waals surface area contributed by atoms with E-state index in [4.69, 9.17) is 14.6 Å². The maximum absolute atomic E-state index is 12.4. The molecule has 0 fully saturated rings. The van der Waals surface area contributed by atoms with Gasteiger partial charge in [-0.1, -0.05) is 30.3 Å². The Balaban J connectivity index is 1.38. The van der Waals surface area contributed by atoms with E-state index in [1.807, 2.05) is 54.6 Å². The van der Waals surface area contributed by atoms with Crippen LogP contribution < -0.4 is 10.1 Å². The van der Waals surface area contributed by atoms with Gasteiger partial charge in [0.15, 0.2) is 11.8 Å². The van der Waals surface area contributed by atoms with Gasteiger partial charge in [-0.2, -0.15) is 4.99 Å². The van der Waals surface area contributed by atoms with Crippen molar-refractivity contribution in [3.63, 3.8) is 0 Å². The number of amidine groups is 1. The van der Waals surface area contributed by atoms with Gasteiger partial charge in [0.2, 0.25) is 0 Å². The first-order chi connectivity index (χ1) is 17.4. The summed E-state index contributed by atoms with van der Waals surface area (Å²) >= 11 is 1.26. The van der Waals surface area contributed by atoms with Gasteiger partial charge in [-0.15, -0.1) is 0 Å². The van der Waals surface area contributed by atoms with Crippen LogP contribution in [0, 0.1) is 0 Å². The lowest BCUT2D eigenvalue weighted by Crippen LogP contribution is -2.14. The lowest BCUT2D eigenvalue weighted by molar-refractivity contribution is -0.145. The number of fused-ring (bicyclic) bond motifs is 1. The third-order valence-corrected chi connectivity index (χ3v) is 6.15. The first kappa shape index (κ1) is 25.0. The van der Waals surface area contributed by atoms with Gasteiger partial charge in [-0.05, 0) is 83.4 Å². The minimum Gasteiger partial charge on any atom is -0.482 e. The Morgan fingerprint density at radius 1 is 1.06 bits per heavy atom. The number of carboxylic acids is 1. The number of carboxylic acid groups (broad SMARTS) is 1. The van der Waals surface area contributed by atoms with Crippen LogP contribution in [-0.2, 0) is 25.5 Å². The molecule has 3 aromatic carbocycles. The van der Waals surface area contributed by atoms with Crippen molar-refractivity contribution >= 4 is 57.3 Å². The van der Waals surface area contributed by atoms with E-state index in [1.165, 1.54) is 11.8 Å². The molecule has 1 aliphatic heterocycles. The summed E-state index contributed by atoms with van der Waals surface area (Å²) in [4.78, 5) is 39.2. The van der Waals surface area contributed by atoms with Crippen molar-refractivity contribution in [3.8, 4) is 5.75 Å². The maximum atomic E-state index is 12.4. The summed E-state index contributed by atoms with van der Waals surface area (Å²) in [5.74, 6) is -0.990. The third-order valence-electron chi connectivity index (χ3n) is 5.25. The molecular weight excluding hydrogens is 480 g/mol. The largest absolute Gasteiger partial charge is 0.482 e. The Bertz CT molecular complexity index is 1360. The van der Waals surface area contributed by atoms with Crippen LogP contribution in [0.15, 0.2) is 70.6 Å². The number of hydrogen-bond acceptors (Lipinski definition) is 7. The second-order valence-corrected chi connectivity index (χ2v) is 8.94. The monoisotopic (exact) mass is 504 g/mol. The van der Waals surface area contributed by atoms with Crippen molar-refractivity contribution in [2.75, 3.05) is 18.5 Å². The molecule has 0 atom stereocenters. The fraction of sp³-hybridized carbons (Fsp3) is 0.185. The second-order valence-electron chi connectivity index (χ2n) is 7.91. The zero-order valence-electron chi connectivity index (χ0n) is 19.5. The van der Waals surface area contributed by atoms with Gasteiger partial charge in [-0.3, -0.25) is 9.59 Å². The molecule has 1 amide bonds. The number of aliphatic imine (C=N–C) groups is 1. The van der Waals surface area contributed by atoms with Crippen molar-refractivity contribution in [1.82, 2.24) is 0 Å². The summed E-state index contributed by atoms with van der Waals surface area (Å²) in [6.45, 7) is 1.91. The van der Waals surface area contributed by atoms with Gasteiger partial charge >= 0.3 is 11.9 Å². The van der Waals surface area contributed by atoms with Crippen LogP contribution in [0.1, 0.15) is 24.5 Å². The molecule has 9 heteroatoms. The fourth-order valence-corrected chi connectivity index (χ4v) is 4.34. The molecular formula is C27H24N2O6S. The van der Waals surface area contributed by atoms with E-state index >= 15 is 0 Å². The van der Waals surface area contributed by atoms with Crippen LogP contribution in [0.4, 0.5) is 5.69 Å². The summed E-state index contributed by atoms with van der Waals surface area (Å²) in [6, 6.07) is 18.7. The van der Waals surface area contributed by atoms with E-state index in [1.54, 1.807) is 19.1 Å². The summed E-state index contributed by atoms with van der Waals surface area (Å²) in [5, 5.41) is 14.3. The molecule has 1 aliphatic rings. The van der Waals surface area contributed by atoms with E-state index in [9.17, 15) is 14.4 Å². The number of carbonyl (C=O) groups excluding carboxylic acids is 2. The van der Waals surface area contributed by atoms with Gasteiger partial charge in [0.05, 0.1) is 11.5 Å². The van der Waals surface area contributed by atoms with Crippen molar-refractivity contribution in [2.24, 2.45) is 4.99 Å². The van der Waals surface area contributed by atoms with Crippen LogP contribution in [0.25, 0.3) is 16.8 Å². The highest BCUT2D eigenvalue weighted by Crippen LogP contribution is 2.30. The Hall–Kier alpha value is -4.11. The minimum absolute atomic E-state index is 0.0805. The number of nitrogens with zero attached hydrogens (tertiary/aromatic N) is 1. The number of ether oxygens (including phenoxy) is 2. The highest BCUT2D eigenvalue weighted by Gasteiger charge is 2.22. The molecule has 0 radical (unpaired) electrons. The van der Waals surface area contributed by atoms with E-state index in [2.05, 4.69) is 10.3 Å². The van der Waals surface area contributed by atoms with E-state index in [0.717, 1.165) is 27.6 Å². The van der Waals surface area contributed by atoms with Gasteiger partial charge in [0.25, 0.3) is 5.91 Å². The zero-order valence-corrected chi connectivity index (χ0v) is 20.3. The Labute approximate surface area is 212 Å².